The first kappa shape index (κ1) is 18.0. The summed E-state index contributed by atoms with van der Waals surface area (Å²) in [6.07, 6.45) is 1.57. The second-order valence-electron chi connectivity index (χ2n) is 6.49. The topological polar surface area (TPSA) is 54.6 Å². The molecule has 0 aliphatic rings. The molecule has 3 aromatic carbocycles. The second kappa shape index (κ2) is 7.33. The zero-order chi connectivity index (χ0) is 19.7. The number of hydrogen-bond acceptors (Lipinski definition) is 3. The minimum atomic E-state index is -0.277. The molecule has 4 rings (SSSR count). The molecule has 0 bridgehead atoms. The van der Waals surface area contributed by atoms with Crippen LogP contribution >= 0.6 is 11.6 Å². The third-order valence-electron chi connectivity index (χ3n) is 4.56. The van der Waals surface area contributed by atoms with Crippen LogP contribution in [0.3, 0.4) is 0 Å². The average Bonchev–Trinajstić information content (AvgIpc) is 2.71. The minimum absolute atomic E-state index is 0.148. The normalized spacial score (nSPS) is 11.4. The van der Waals surface area contributed by atoms with Crippen LogP contribution in [0, 0.1) is 6.92 Å². The van der Waals surface area contributed by atoms with E-state index >= 15 is 0 Å². The van der Waals surface area contributed by atoms with Crippen LogP contribution in [0.2, 0.25) is 5.02 Å². The number of pyridine rings is 1. The average molecular weight is 389 g/mol. The van der Waals surface area contributed by atoms with E-state index in [0.717, 1.165) is 5.56 Å². The number of aromatic hydroxyl groups is 1. The molecule has 4 aromatic rings. The zero-order valence-electron chi connectivity index (χ0n) is 15.1. The number of rotatable bonds is 3. The molecule has 0 atom stereocenters. The van der Waals surface area contributed by atoms with Crippen molar-refractivity contribution >= 4 is 34.3 Å². The summed E-state index contributed by atoms with van der Waals surface area (Å²) in [5.41, 5.74) is 2.56. The van der Waals surface area contributed by atoms with Crippen LogP contribution in [0.1, 0.15) is 11.1 Å². The van der Waals surface area contributed by atoms with Gasteiger partial charge in [0, 0.05) is 22.0 Å². The number of aryl methyl sites for hydroxylation is 1. The molecule has 0 radical (unpaired) electrons. The number of hydrogen-bond donors (Lipinski definition) is 1. The van der Waals surface area contributed by atoms with Gasteiger partial charge in [-0.3, -0.25) is 9.79 Å². The maximum Gasteiger partial charge on any atom is 0.265 e. The molecule has 0 saturated carbocycles. The molecule has 1 heterocycles. The number of aromatic nitrogens is 1. The molecule has 1 N–H and O–H groups in total. The molecule has 0 unspecified atom stereocenters. The maximum absolute atomic E-state index is 13.0. The molecule has 1 aromatic heterocycles. The predicted octanol–water partition coefficient (Wildman–Crippen LogP) is 5.41. The van der Waals surface area contributed by atoms with Gasteiger partial charge in [0.05, 0.1) is 16.9 Å². The molecule has 138 valence electrons. The Balaban J connectivity index is 1.95. The highest BCUT2D eigenvalue weighted by Crippen LogP contribution is 2.27. The Morgan fingerprint density at radius 1 is 0.929 bits per heavy atom. The first-order valence-electron chi connectivity index (χ1n) is 8.78. The van der Waals surface area contributed by atoms with Gasteiger partial charge in [0.2, 0.25) is 5.88 Å². The molecule has 0 spiro atoms. The summed E-state index contributed by atoms with van der Waals surface area (Å²) in [6.45, 7) is 1.97. The van der Waals surface area contributed by atoms with Gasteiger partial charge >= 0.3 is 0 Å². The van der Waals surface area contributed by atoms with Gasteiger partial charge in [-0.1, -0.05) is 47.5 Å². The lowest BCUT2D eigenvalue weighted by molar-refractivity contribution is 0.436. The van der Waals surface area contributed by atoms with Crippen molar-refractivity contribution in [1.29, 1.82) is 0 Å². The monoisotopic (exact) mass is 388 g/mol. The van der Waals surface area contributed by atoms with E-state index in [9.17, 15) is 9.90 Å². The van der Waals surface area contributed by atoms with Crippen molar-refractivity contribution in [2.24, 2.45) is 4.99 Å². The maximum atomic E-state index is 13.0. The first-order valence-corrected chi connectivity index (χ1v) is 9.16. The summed E-state index contributed by atoms with van der Waals surface area (Å²) in [6, 6.07) is 21.7. The lowest BCUT2D eigenvalue weighted by atomic mass is 10.1. The SMILES string of the molecule is Cc1ccc(-n2c(O)c(C=Nc3ccc(Cl)cc3)c3ccccc3c2=O)cc1. The van der Waals surface area contributed by atoms with Crippen LogP contribution in [0.15, 0.2) is 82.6 Å². The highest BCUT2D eigenvalue weighted by molar-refractivity contribution is 6.30. The van der Waals surface area contributed by atoms with Gasteiger partial charge in [-0.25, -0.2) is 4.57 Å². The quantitative estimate of drug-likeness (QED) is 0.477. The van der Waals surface area contributed by atoms with Gasteiger partial charge in [-0.2, -0.15) is 0 Å². The summed E-state index contributed by atoms with van der Waals surface area (Å²) >= 11 is 5.92. The van der Waals surface area contributed by atoms with Gasteiger partial charge < -0.3 is 5.11 Å². The summed E-state index contributed by atoms with van der Waals surface area (Å²) in [5, 5.41) is 12.7. The van der Waals surface area contributed by atoms with Crippen molar-refractivity contribution in [3.05, 3.63) is 99.3 Å². The zero-order valence-corrected chi connectivity index (χ0v) is 15.9. The second-order valence-corrected chi connectivity index (χ2v) is 6.93. The summed E-state index contributed by atoms with van der Waals surface area (Å²) in [4.78, 5) is 17.5. The van der Waals surface area contributed by atoms with Gasteiger partial charge in [0.25, 0.3) is 5.56 Å². The van der Waals surface area contributed by atoms with Gasteiger partial charge in [-0.15, -0.1) is 0 Å². The van der Waals surface area contributed by atoms with Crippen LogP contribution in [-0.2, 0) is 0 Å². The smallest absolute Gasteiger partial charge is 0.265 e. The number of benzene rings is 3. The minimum Gasteiger partial charge on any atom is -0.494 e. The van der Waals surface area contributed by atoms with Crippen molar-refractivity contribution in [2.75, 3.05) is 0 Å². The highest BCUT2D eigenvalue weighted by atomic mass is 35.5. The lowest BCUT2D eigenvalue weighted by Gasteiger charge is -2.14. The fourth-order valence-electron chi connectivity index (χ4n) is 3.09. The highest BCUT2D eigenvalue weighted by Gasteiger charge is 2.16. The van der Waals surface area contributed by atoms with E-state index in [0.29, 0.717) is 32.7 Å². The van der Waals surface area contributed by atoms with Crippen LogP contribution in [0.25, 0.3) is 16.5 Å². The van der Waals surface area contributed by atoms with Gasteiger partial charge in [-0.05, 0) is 49.4 Å². The van der Waals surface area contributed by atoms with E-state index in [1.165, 1.54) is 4.57 Å². The third kappa shape index (κ3) is 3.30. The van der Waals surface area contributed by atoms with Crippen LogP contribution < -0.4 is 5.56 Å². The number of aliphatic imine (C=N–C) groups is 1. The van der Waals surface area contributed by atoms with Gasteiger partial charge in [0.15, 0.2) is 0 Å². The first-order chi connectivity index (χ1) is 13.5. The van der Waals surface area contributed by atoms with Crippen LogP contribution in [0.5, 0.6) is 5.88 Å². The number of nitrogens with zero attached hydrogens (tertiary/aromatic N) is 2. The van der Waals surface area contributed by atoms with E-state index < -0.39 is 0 Å². The van der Waals surface area contributed by atoms with E-state index in [4.69, 9.17) is 11.6 Å². The van der Waals surface area contributed by atoms with Crippen molar-refractivity contribution < 1.29 is 5.11 Å². The Bertz CT molecular complexity index is 1240. The van der Waals surface area contributed by atoms with Crippen LogP contribution in [-0.4, -0.2) is 15.9 Å². The van der Waals surface area contributed by atoms with E-state index in [1.54, 1.807) is 48.7 Å². The molecular formula is C23H17ClN2O2. The predicted molar refractivity (Wildman–Crippen MR) is 115 cm³/mol. The van der Waals surface area contributed by atoms with Crippen molar-refractivity contribution in [3.63, 3.8) is 0 Å². The van der Waals surface area contributed by atoms with E-state index in [-0.39, 0.29) is 11.4 Å². The summed E-state index contributed by atoms with van der Waals surface area (Å²) in [5.74, 6) is -0.148. The van der Waals surface area contributed by atoms with Crippen LogP contribution in [0.4, 0.5) is 5.69 Å². The Hall–Kier alpha value is -3.37. The Morgan fingerprint density at radius 3 is 2.25 bits per heavy atom. The summed E-state index contributed by atoms with van der Waals surface area (Å²) < 4.78 is 1.31. The van der Waals surface area contributed by atoms with Crippen molar-refractivity contribution in [2.45, 2.75) is 6.92 Å². The molecule has 0 saturated heterocycles. The Morgan fingerprint density at radius 2 is 1.57 bits per heavy atom. The molecule has 4 nitrogen and oxygen atoms in total. The Kier molecular flexibility index (Phi) is 4.72. The Labute approximate surface area is 167 Å². The molecule has 5 heteroatoms. The van der Waals surface area contributed by atoms with E-state index in [1.807, 2.05) is 37.3 Å². The van der Waals surface area contributed by atoms with Crippen molar-refractivity contribution in [1.82, 2.24) is 4.57 Å². The third-order valence-corrected chi connectivity index (χ3v) is 4.82. The number of halogens is 1. The number of fused-ring (bicyclic) bond motifs is 1. The fourth-order valence-corrected chi connectivity index (χ4v) is 3.21. The van der Waals surface area contributed by atoms with E-state index in [2.05, 4.69) is 4.99 Å². The van der Waals surface area contributed by atoms with Gasteiger partial charge in [0.1, 0.15) is 0 Å². The largest absolute Gasteiger partial charge is 0.494 e. The fraction of sp³-hybridized carbons (Fsp3) is 0.0435. The molecule has 28 heavy (non-hydrogen) atoms. The molecule has 0 amide bonds. The molecule has 0 aliphatic heterocycles. The standard InChI is InChI=1S/C23H17ClN2O2/c1-15-6-12-18(13-7-15)26-22(27)20-5-3-2-4-19(20)21(23(26)28)14-25-17-10-8-16(24)9-11-17/h2-14,28H,1H3. The molecular weight excluding hydrogens is 372 g/mol. The van der Waals surface area contributed by atoms with Crippen molar-refractivity contribution in [3.8, 4) is 11.6 Å². The molecule has 0 fully saturated rings. The summed E-state index contributed by atoms with van der Waals surface area (Å²) in [7, 11) is 0. The lowest BCUT2D eigenvalue weighted by Crippen LogP contribution is -2.20. The molecule has 0 aliphatic carbocycles.